The predicted molar refractivity (Wildman–Crippen MR) is 43.5 cm³/mol. The summed E-state index contributed by atoms with van der Waals surface area (Å²) in [6.45, 7) is 1.50. The van der Waals surface area contributed by atoms with Crippen LogP contribution in [0.5, 0.6) is 0 Å². The molecule has 0 aliphatic carbocycles. The lowest BCUT2D eigenvalue weighted by Crippen LogP contribution is -2.97. The Hall–Kier alpha value is -0.620. The normalized spacial score (nSPS) is 28.5. The molecular formula is C7H13NO4S. The first-order valence-electron chi connectivity index (χ1n) is 4.17. The van der Waals surface area contributed by atoms with Gasteiger partial charge in [0.25, 0.3) is 0 Å². The maximum absolute atomic E-state index is 11.0. The second-order valence-corrected chi connectivity index (χ2v) is 5.69. The van der Waals surface area contributed by atoms with Crippen molar-refractivity contribution in [3.05, 3.63) is 0 Å². The van der Waals surface area contributed by atoms with Gasteiger partial charge in [-0.3, -0.25) is 0 Å². The SMILES string of the molecule is C[C@H]([NH2+][C@@H]1CCS(=O)(=O)C1)C(=O)[O-]. The summed E-state index contributed by atoms with van der Waals surface area (Å²) in [5.74, 6) is -0.886. The molecule has 0 unspecified atom stereocenters. The highest BCUT2D eigenvalue weighted by atomic mass is 32.2. The molecule has 2 atom stereocenters. The average Bonchev–Trinajstić information content (AvgIpc) is 2.30. The fourth-order valence-corrected chi connectivity index (χ4v) is 3.22. The number of carboxylic acids is 1. The van der Waals surface area contributed by atoms with Crippen LogP contribution in [0.2, 0.25) is 0 Å². The highest BCUT2D eigenvalue weighted by Crippen LogP contribution is 2.07. The molecule has 0 saturated carbocycles. The molecule has 0 aromatic heterocycles. The van der Waals surface area contributed by atoms with E-state index in [1.165, 1.54) is 6.92 Å². The van der Waals surface area contributed by atoms with Crippen LogP contribution >= 0.6 is 0 Å². The van der Waals surface area contributed by atoms with Crippen molar-refractivity contribution in [3.8, 4) is 0 Å². The molecule has 76 valence electrons. The van der Waals surface area contributed by atoms with E-state index >= 15 is 0 Å². The molecule has 0 amide bonds. The van der Waals surface area contributed by atoms with E-state index in [1.54, 1.807) is 5.32 Å². The Kier molecular flexibility index (Phi) is 2.92. The number of carbonyl (C=O) groups is 1. The third-order valence-electron chi connectivity index (χ3n) is 2.20. The summed E-state index contributed by atoms with van der Waals surface area (Å²) < 4.78 is 22.0. The molecular weight excluding hydrogens is 194 g/mol. The quantitative estimate of drug-likeness (QED) is 0.530. The van der Waals surface area contributed by atoms with Crippen LogP contribution in [0, 0.1) is 0 Å². The van der Waals surface area contributed by atoms with E-state index in [0.717, 1.165) is 0 Å². The first-order valence-corrected chi connectivity index (χ1v) is 5.99. The molecule has 1 saturated heterocycles. The molecule has 0 spiro atoms. The molecule has 0 bridgehead atoms. The van der Waals surface area contributed by atoms with E-state index < -0.39 is 21.8 Å². The van der Waals surface area contributed by atoms with Crippen molar-refractivity contribution in [3.63, 3.8) is 0 Å². The minimum absolute atomic E-state index is 0.0879. The topological polar surface area (TPSA) is 90.9 Å². The Morgan fingerprint density at radius 3 is 2.62 bits per heavy atom. The van der Waals surface area contributed by atoms with Crippen LogP contribution in [0.1, 0.15) is 13.3 Å². The van der Waals surface area contributed by atoms with Gasteiger partial charge in [-0.1, -0.05) is 0 Å². The lowest BCUT2D eigenvalue weighted by Gasteiger charge is -2.15. The third kappa shape index (κ3) is 2.96. The fourth-order valence-electron chi connectivity index (χ4n) is 1.46. The second kappa shape index (κ2) is 3.63. The Morgan fingerprint density at radius 1 is 1.62 bits per heavy atom. The summed E-state index contributed by atoms with van der Waals surface area (Å²) in [5, 5.41) is 11.9. The summed E-state index contributed by atoms with van der Waals surface area (Å²) in [4.78, 5) is 10.4. The summed E-state index contributed by atoms with van der Waals surface area (Å²) in [7, 11) is -2.91. The third-order valence-corrected chi connectivity index (χ3v) is 3.99. The van der Waals surface area contributed by atoms with Crippen LogP contribution in [0.15, 0.2) is 0 Å². The molecule has 0 radical (unpaired) electrons. The lowest BCUT2D eigenvalue weighted by atomic mass is 10.2. The Bertz CT molecular complexity index is 298. The lowest BCUT2D eigenvalue weighted by molar-refractivity contribution is -0.707. The van der Waals surface area contributed by atoms with Gasteiger partial charge in [-0.25, -0.2) is 8.42 Å². The first-order chi connectivity index (χ1) is 5.91. The molecule has 1 fully saturated rings. The Labute approximate surface area is 77.1 Å². The van der Waals surface area contributed by atoms with Gasteiger partial charge in [-0.2, -0.15) is 0 Å². The number of nitrogens with two attached hydrogens (primary N) is 1. The number of hydrogen-bond acceptors (Lipinski definition) is 4. The van der Waals surface area contributed by atoms with Crippen LogP contribution < -0.4 is 10.4 Å². The van der Waals surface area contributed by atoms with Crippen molar-refractivity contribution in [2.45, 2.75) is 25.4 Å². The van der Waals surface area contributed by atoms with E-state index in [4.69, 9.17) is 0 Å². The van der Waals surface area contributed by atoms with Crippen LogP contribution in [0.4, 0.5) is 0 Å². The van der Waals surface area contributed by atoms with Gasteiger partial charge in [0, 0.05) is 6.42 Å². The number of rotatable bonds is 3. The Balaban J connectivity index is 2.45. The highest BCUT2D eigenvalue weighted by molar-refractivity contribution is 7.91. The van der Waals surface area contributed by atoms with E-state index in [9.17, 15) is 18.3 Å². The van der Waals surface area contributed by atoms with Crippen LogP contribution in [-0.2, 0) is 14.6 Å². The molecule has 1 heterocycles. The van der Waals surface area contributed by atoms with E-state index in [0.29, 0.717) is 6.42 Å². The van der Waals surface area contributed by atoms with E-state index in [2.05, 4.69) is 0 Å². The van der Waals surface area contributed by atoms with Gasteiger partial charge < -0.3 is 15.2 Å². The van der Waals surface area contributed by atoms with Crippen LogP contribution in [0.3, 0.4) is 0 Å². The van der Waals surface area contributed by atoms with Gasteiger partial charge in [0.2, 0.25) is 0 Å². The molecule has 1 aliphatic rings. The highest BCUT2D eigenvalue weighted by Gasteiger charge is 2.31. The number of quaternary nitrogens is 1. The average molecular weight is 207 g/mol. The maximum Gasteiger partial charge on any atom is 0.156 e. The van der Waals surface area contributed by atoms with Gasteiger partial charge in [0.15, 0.2) is 9.84 Å². The number of carboxylic acid groups (broad SMARTS) is 1. The number of hydrogen-bond donors (Lipinski definition) is 1. The van der Waals surface area contributed by atoms with Crippen LogP contribution in [-0.4, -0.2) is 38.0 Å². The minimum Gasteiger partial charge on any atom is -0.544 e. The molecule has 0 aromatic carbocycles. The zero-order chi connectivity index (χ0) is 10.1. The molecule has 6 heteroatoms. The van der Waals surface area contributed by atoms with Gasteiger partial charge in [0.1, 0.15) is 17.8 Å². The maximum atomic E-state index is 11.0. The minimum atomic E-state index is -2.91. The van der Waals surface area contributed by atoms with Crippen molar-refractivity contribution < 1.29 is 23.6 Å². The summed E-state index contributed by atoms with van der Waals surface area (Å²) in [6.07, 6.45) is 0.542. The molecule has 2 N–H and O–H groups in total. The number of carbonyl (C=O) groups excluding carboxylic acids is 1. The predicted octanol–water partition coefficient (Wildman–Crippen LogP) is -3.12. The monoisotopic (exact) mass is 207 g/mol. The summed E-state index contributed by atoms with van der Waals surface area (Å²) in [5.41, 5.74) is 0. The van der Waals surface area contributed by atoms with E-state index in [1.807, 2.05) is 0 Å². The number of sulfone groups is 1. The standard InChI is InChI=1S/C7H13NO4S/c1-5(7(9)10)8-6-2-3-13(11,12)4-6/h5-6,8H,2-4H2,1H3,(H,9,10)/t5-,6+/m0/s1. The molecule has 0 aromatic rings. The second-order valence-electron chi connectivity index (χ2n) is 3.46. The van der Waals surface area contributed by atoms with Crippen molar-refractivity contribution in [2.75, 3.05) is 11.5 Å². The zero-order valence-corrected chi connectivity index (χ0v) is 8.21. The van der Waals surface area contributed by atoms with Crippen molar-refractivity contribution in [1.82, 2.24) is 0 Å². The number of aliphatic carboxylic acids is 1. The molecule has 5 nitrogen and oxygen atoms in total. The largest absolute Gasteiger partial charge is 0.544 e. The van der Waals surface area contributed by atoms with Crippen molar-refractivity contribution >= 4 is 15.8 Å². The van der Waals surface area contributed by atoms with Crippen molar-refractivity contribution in [1.29, 1.82) is 0 Å². The zero-order valence-electron chi connectivity index (χ0n) is 7.39. The van der Waals surface area contributed by atoms with Gasteiger partial charge in [0.05, 0.1) is 11.7 Å². The summed E-state index contributed by atoms with van der Waals surface area (Å²) in [6, 6.07) is -0.781. The van der Waals surface area contributed by atoms with Gasteiger partial charge in [-0.15, -0.1) is 0 Å². The molecule has 13 heavy (non-hydrogen) atoms. The fraction of sp³-hybridized carbons (Fsp3) is 0.857. The smallest absolute Gasteiger partial charge is 0.156 e. The molecule has 1 rings (SSSR count). The van der Waals surface area contributed by atoms with E-state index in [-0.39, 0.29) is 17.5 Å². The Morgan fingerprint density at radius 2 is 2.23 bits per heavy atom. The van der Waals surface area contributed by atoms with Gasteiger partial charge in [-0.05, 0) is 6.92 Å². The molecule has 1 aliphatic heterocycles. The van der Waals surface area contributed by atoms with Crippen molar-refractivity contribution in [2.24, 2.45) is 0 Å². The van der Waals surface area contributed by atoms with Crippen LogP contribution in [0.25, 0.3) is 0 Å². The van der Waals surface area contributed by atoms with Gasteiger partial charge >= 0.3 is 0 Å². The first kappa shape index (κ1) is 10.5. The summed E-state index contributed by atoms with van der Waals surface area (Å²) >= 11 is 0.